The molecule has 1 aliphatic rings. The molecule has 0 radical (unpaired) electrons. The zero-order valence-corrected chi connectivity index (χ0v) is 24.0. The number of carbonyl (C=O) groups excluding carboxylic acids is 1. The Morgan fingerprint density at radius 2 is 1.62 bits per heavy atom. The molecule has 8 nitrogen and oxygen atoms in total. The van der Waals surface area contributed by atoms with E-state index in [2.05, 4.69) is 4.90 Å². The van der Waals surface area contributed by atoms with E-state index < -0.39 is 10.0 Å². The maximum atomic E-state index is 13.8. The van der Waals surface area contributed by atoms with Crippen LogP contribution in [-0.2, 0) is 21.2 Å². The van der Waals surface area contributed by atoms with Crippen LogP contribution in [0.1, 0.15) is 11.1 Å². The summed E-state index contributed by atoms with van der Waals surface area (Å²) in [7, 11) is -1.06. The van der Waals surface area contributed by atoms with Gasteiger partial charge in [0.05, 0.1) is 25.7 Å². The second-order valence-electron chi connectivity index (χ2n) is 9.39. The minimum atomic E-state index is -4.00. The molecule has 10 heteroatoms. The lowest BCUT2D eigenvalue weighted by molar-refractivity contribution is -0.131. The molecule has 208 valence electrons. The first-order chi connectivity index (χ1) is 18.7. The molecule has 3 aromatic rings. The highest BCUT2D eigenvalue weighted by Crippen LogP contribution is 2.31. The summed E-state index contributed by atoms with van der Waals surface area (Å²) in [4.78, 5) is 17.4. The number of nitrogens with zero attached hydrogens (tertiary/aromatic N) is 3. The van der Waals surface area contributed by atoms with Gasteiger partial charge in [-0.05, 0) is 48.7 Å². The number of ether oxygens (including phenoxy) is 2. The van der Waals surface area contributed by atoms with E-state index in [4.69, 9.17) is 21.1 Å². The Balaban J connectivity index is 1.51. The lowest BCUT2D eigenvalue weighted by Gasteiger charge is -2.37. The zero-order chi connectivity index (χ0) is 28.0. The standard InChI is InChI=1S/C29H34ClN3O5S/c1-22-9-10-24(30)19-26(22)31-15-17-32(18-16-31)29(34)21-33(14-13-23-7-5-4-6-8-23)39(35,36)25-11-12-27(37-2)28(20-25)38-3/h4-12,19-20H,13-18,21H2,1-3H3. The van der Waals surface area contributed by atoms with Crippen molar-refractivity contribution in [3.63, 3.8) is 0 Å². The van der Waals surface area contributed by atoms with Gasteiger partial charge in [0.15, 0.2) is 11.5 Å². The van der Waals surface area contributed by atoms with Gasteiger partial charge in [0.1, 0.15) is 0 Å². The normalized spacial score (nSPS) is 14.0. The molecular weight excluding hydrogens is 538 g/mol. The zero-order valence-electron chi connectivity index (χ0n) is 22.5. The number of aryl methyl sites for hydroxylation is 1. The number of methoxy groups -OCH3 is 2. The molecule has 0 aliphatic carbocycles. The Labute approximate surface area is 235 Å². The summed E-state index contributed by atoms with van der Waals surface area (Å²) in [6, 6.07) is 19.9. The topological polar surface area (TPSA) is 79.4 Å². The van der Waals surface area contributed by atoms with Gasteiger partial charge in [-0.3, -0.25) is 4.79 Å². The molecule has 1 saturated heterocycles. The van der Waals surface area contributed by atoms with E-state index in [1.54, 1.807) is 11.0 Å². The maximum Gasteiger partial charge on any atom is 0.243 e. The Hall–Kier alpha value is -3.27. The third kappa shape index (κ3) is 6.84. The summed E-state index contributed by atoms with van der Waals surface area (Å²) in [5.74, 6) is 0.506. The summed E-state index contributed by atoms with van der Waals surface area (Å²) in [6.45, 7) is 4.21. The molecule has 0 saturated carbocycles. The molecular formula is C29H34ClN3O5S. The van der Waals surface area contributed by atoms with Crippen molar-refractivity contribution >= 4 is 33.2 Å². The molecule has 0 spiro atoms. The molecule has 0 bridgehead atoms. The van der Waals surface area contributed by atoms with E-state index in [0.29, 0.717) is 49.1 Å². The largest absolute Gasteiger partial charge is 0.493 e. The summed E-state index contributed by atoms with van der Waals surface area (Å²) in [5.41, 5.74) is 3.16. The third-order valence-corrected chi connectivity index (χ3v) is 9.02. The first-order valence-electron chi connectivity index (χ1n) is 12.8. The van der Waals surface area contributed by atoms with Gasteiger partial charge in [-0.25, -0.2) is 8.42 Å². The van der Waals surface area contributed by atoms with E-state index in [9.17, 15) is 13.2 Å². The van der Waals surface area contributed by atoms with E-state index in [1.165, 1.54) is 30.7 Å². The Bertz CT molecular complexity index is 1390. The number of piperazine rings is 1. The highest BCUT2D eigenvalue weighted by Gasteiger charge is 2.30. The van der Waals surface area contributed by atoms with Crippen molar-refractivity contribution in [1.29, 1.82) is 0 Å². The van der Waals surface area contributed by atoms with Crippen LogP contribution in [0.5, 0.6) is 11.5 Å². The average molecular weight is 572 g/mol. The Morgan fingerprint density at radius 3 is 2.28 bits per heavy atom. The van der Waals surface area contributed by atoms with E-state index in [1.807, 2.05) is 55.5 Å². The molecule has 4 rings (SSSR count). The molecule has 1 fully saturated rings. The van der Waals surface area contributed by atoms with Crippen LogP contribution in [0.3, 0.4) is 0 Å². The smallest absolute Gasteiger partial charge is 0.243 e. The van der Waals surface area contributed by atoms with Crippen LogP contribution in [0.15, 0.2) is 71.6 Å². The molecule has 1 aliphatic heterocycles. The second-order valence-corrected chi connectivity index (χ2v) is 11.8. The fraction of sp³-hybridized carbons (Fsp3) is 0.345. The summed E-state index contributed by atoms with van der Waals surface area (Å²) < 4.78 is 39.4. The number of benzene rings is 3. The fourth-order valence-corrected chi connectivity index (χ4v) is 6.25. The summed E-state index contributed by atoms with van der Waals surface area (Å²) in [6.07, 6.45) is 0.475. The number of hydrogen-bond acceptors (Lipinski definition) is 6. The number of rotatable bonds is 10. The molecule has 1 heterocycles. The van der Waals surface area contributed by atoms with Crippen LogP contribution >= 0.6 is 11.6 Å². The van der Waals surface area contributed by atoms with Crippen LogP contribution < -0.4 is 14.4 Å². The molecule has 39 heavy (non-hydrogen) atoms. The van der Waals surface area contributed by atoms with Gasteiger partial charge < -0.3 is 19.3 Å². The van der Waals surface area contributed by atoms with Crippen molar-refractivity contribution in [3.8, 4) is 11.5 Å². The van der Waals surface area contributed by atoms with Gasteiger partial charge in [-0.15, -0.1) is 0 Å². The van der Waals surface area contributed by atoms with Gasteiger partial charge in [0.25, 0.3) is 0 Å². The quantitative estimate of drug-likeness (QED) is 0.362. The minimum Gasteiger partial charge on any atom is -0.493 e. The SMILES string of the molecule is COc1ccc(S(=O)(=O)N(CCc2ccccc2)CC(=O)N2CCN(c3cc(Cl)ccc3C)CC2)cc1OC. The van der Waals surface area contributed by atoms with Crippen LogP contribution in [0.25, 0.3) is 0 Å². The van der Waals surface area contributed by atoms with Crippen molar-refractivity contribution in [3.05, 3.63) is 82.9 Å². The number of anilines is 1. The number of carbonyl (C=O) groups is 1. The van der Waals surface area contributed by atoms with Crippen LogP contribution in [-0.4, -0.2) is 77.0 Å². The second kappa shape index (κ2) is 12.7. The summed E-state index contributed by atoms with van der Waals surface area (Å²) >= 11 is 6.21. The number of sulfonamides is 1. The highest BCUT2D eigenvalue weighted by molar-refractivity contribution is 7.89. The summed E-state index contributed by atoms with van der Waals surface area (Å²) in [5, 5.41) is 0.670. The lowest BCUT2D eigenvalue weighted by Crippen LogP contribution is -2.52. The third-order valence-electron chi connectivity index (χ3n) is 6.94. The first kappa shape index (κ1) is 28.7. The molecule has 0 N–H and O–H groups in total. The lowest BCUT2D eigenvalue weighted by atomic mass is 10.1. The maximum absolute atomic E-state index is 13.8. The molecule has 3 aromatic carbocycles. The predicted octanol–water partition coefficient (Wildman–Crippen LogP) is 4.25. The predicted molar refractivity (Wildman–Crippen MR) is 153 cm³/mol. The highest BCUT2D eigenvalue weighted by atomic mass is 35.5. The van der Waals surface area contributed by atoms with Crippen molar-refractivity contribution in [2.75, 3.05) is 58.4 Å². The van der Waals surface area contributed by atoms with Crippen molar-refractivity contribution in [1.82, 2.24) is 9.21 Å². The molecule has 0 atom stereocenters. The van der Waals surface area contributed by atoms with Crippen molar-refractivity contribution in [2.24, 2.45) is 0 Å². The molecule has 1 amide bonds. The van der Waals surface area contributed by atoms with Crippen LogP contribution in [0.4, 0.5) is 5.69 Å². The molecule has 0 unspecified atom stereocenters. The van der Waals surface area contributed by atoms with Gasteiger partial charge in [0.2, 0.25) is 15.9 Å². The fourth-order valence-electron chi connectivity index (χ4n) is 4.68. The van der Waals surface area contributed by atoms with E-state index >= 15 is 0 Å². The van der Waals surface area contributed by atoms with Gasteiger partial charge >= 0.3 is 0 Å². The number of hydrogen-bond donors (Lipinski definition) is 0. The van der Waals surface area contributed by atoms with Gasteiger partial charge in [0, 0.05) is 49.5 Å². The number of halogens is 1. The van der Waals surface area contributed by atoms with E-state index in [0.717, 1.165) is 16.8 Å². The minimum absolute atomic E-state index is 0.0438. The van der Waals surface area contributed by atoms with E-state index in [-0.39, 0.29) is 23.9 Å². The monoisotopic (exact) mass is 571 g/mol. The average Bonchev–Trinajstić information content (AvgIpc) is 2.96. The Kier molecular flexibility index (Phi) is 9.37. The first-order valence-corrected chi connectivity index (χ1v) is 14.6. The van der Waals surface area contributed by atoms with Crippen molar-refractivity contribution in [2.45, 2.75) is 18.2 Å². The molecule has 0 aromatic heterocycles. The van der Waals surface area contributed by atoms with Crippen LogP contribution in [0, 0.1) is 6.92 Å². The van der Waals surface area contributed by atoms with Gasteiger partial charge in [-0.2, -0.15) is 4.31 Å². The van der Waals surface area contributed by atoms with Gasteiger partial charge in [-0.1, -0.05) is 48.0 Å². The van der Waals surface area contributed by atoms with Crippen molar-refractivity contribution < 1.29 is 22.7 Å². The number of amides is 1. The Morgan fingerprint density at radius 1 is 0.923 bits per heavy atom. The van der Waals surface area contributed by atoms with Crippen LogP contribution in [0.2, 0.25) is 5.02 Å².